The number of hydrogen-bond acceptors (Lipinski definition) is 6. The first-order chi connectivity index (χ1) is 17.4. The van der Waals surface area contributed by atoms with Gasteiger partial charge in [-0.15, -0.1) is 0 Å². The number of imide groups is 1. The third-order valence-electron chi connectivity index (χ3n) is 7.80. The lowest BCUT2D eigenvalue weighted by atomic mass is 9.81. The monoisotopic (exact) mass is 490 g/mol. The predicted molar refractivity (Wildman–Crippen MR) is 133 cm³/mol. The van der Waals surface area contributed by atoms with Crippen LogP contribution in [0.25, 0.3) is 10.9 Å². The fraction of sp³-hybridized carbons (Fsp3) is 0.407. The minimum absolute atomic E-state index is 0.112. The SMILES string of the molecule is COc1ccc2[nH]c3c(c2c1)C[C@@]1(C)C(=O)N(CCN2CCOCC2)C(=O)N1[C@@H]3c1cccc(O)c1. The van der Waals surface area contributed by atoms with Gasteiger partial charge in [-0.2, -0.15) is 0 Å². The fourth-order valence-electron chi connectivity index (χ4n) is 5.92. The number of aromatic amines is 1. The maximum atomic E-state index is 13.9. The van der Waals surface area contributed by atoms with Crippen molar-refractivity contribution in [2.45, 2.75) is 24.9 Å². The molecular weight excluding hydrogens is 460 g/mol. The molecular formula is C27H30N4O5. The molecule has 36 heavy (non-hydrogen) atoms. The number of nitrogens with zero attached hydrogens (tertiary/aromatic N) is 3. The molecule has 0 unspecified atom stereocenters. The molecule has 1 aromatic heterocycles. The van der Waals surface area contributed by atoms with E-state index in [-0.39, 0.29) is 17.7 Å². The van der Waals surface area contributed by atoms with Gasteiger partial charge in [0.25, 0.3) is 5.91 Å². The highest BCUT2D eigenvalue weighted by Crippen LogP contribution is 2.49. The molecule has 2 atom stereocenters. The van der Waals surface area contributed by atoms with E-state index in [0.29, 0.717) is 32.7 Å². The Balaban J connectivity index is 1.45. The highest BCUT2D eigenvalue weighted by atomic mass is 16.5. The molecule has 188 valence electrons. The number of H-pyrrole nitrogens is 1. The van der Waals surface area contributed by atoms with Gasteiger partial charge in [0.1, 0.15) is 23.1 Å². The standard InChI is InChI=1S/C27H30N4O5/c1-27-16-21-20-15-19(35-2)6-7-22(20)28-23(21)24(17-4-3-5-18(32)14-17)31(27)26(34)30(25(27)33)9-8-29-10-12-36-13-11-29/h3-7,14-15,24,28,32H,8-13,16H2,1-2H3/t24-,27+/m1/s1. The Bertz CT molecular complexity index is 1350. The van der Waals surface area contributed by atoms with E-state index < -0.39 is 11.6 Å². The van der Waals surface area contributed by atoms with E-state index in [4.69, 9.17) is 9.47 Å². The summed E-state index contributed by atoms with van der Waals surface area (Å²) in [5.74, 6) is 0.654. The van der Waals surface area contributed by atoms with Gasteiger partial charge in [0.15, 0.2) is 0 Å². The molecule has 0 spiro atoms. The number of aromatic hydroxyl groups is 1. The second kappa shape index (κ2) is 8.53. The lowest BCUT2D eigenvalue weighted by Gasteiger charge is -2.42. The maximum absolute atomic E-state index is 13.9. The molecule has 3 aliphatic rings. The molecule has 2 aromatic carbocycles. The number of benzene rings is 2. The summed E-state index contributed by atoms with van der Waals surface area (Å²) < 4.78 is 10.9. The summed E-state index contributed by atoms with van der Waals surface area (Å²) >= 11 is 0. The van der Waals surface area contributed by atoms with Gasteiger partial charge in [-0.3, -0.25) is 19.5 Å². The number of rotatable bonds is 5. The first kappa shape index (κ1) is 22.9. The summed E-state index contributed by atoms with van der Waals surface area (Å²) in [7, 11) is 1.63. The van der Waals surface area contributed by atoms with Crippen molar-refractivity contribution in [3.63, 3.8) is 0 Å². The Labute approximate surface area is 209 Å². The minimum Gasteiger partial charge on any atom is -0.508 e. The minimum atomic E-state index is -1.05. The van der Waals surface area contributed by atoms with Crippen LogP contribution in [0.3, 0.4) is 0 Å². The molecule has 2 fully saturated rings. The van der Waals surface area contributed by atoms with E-state index in [1.54, 1.807) is 30.2 Å². The topological polar surface area (TPSA) is 98.3 Å². The molecule has 9 heteroatoms. The quantitative estimate of drug-likeness (QED) is 0.534. The molecule has 0 radical (unpaired) electrons. The number of morpholine rings is 1. The van der Waals surface area contributed by atoms with Crippen LogP contribution in [-0.4, -0.2) is 88.8 Å². The summed E-state index contributed by atoms with van der Waals surface area (Å²) in [6, 6.07) is 11.9. The Morgan fingerprint density at radius 3 is 2.69 bits per heavy atom. The molecule has 0 saturated carbocycles. The number of methoxy groups -OCH3 is 1. The Morgan fingerprint density at radius 1 is 1.14 bits per heavy atom. The van der Waals surface area contributed by atoms with Gasteiger partial charge < -0.3 is 19.6 Å². The molecule has 2 N–H and O–H groups in total. The summed E-state index contributed by atoms with van der Waals surface area (Å²) in [4.78, 5) is 36.7. The van der Waals surface area contributed by atoms with Gasteiger partial charge in [-0.1, -0.05) is 12.1 Å². The first-order valence-corrected chi connectivity index (χ1v) is 12.3. The zero-order chi connectivity index (χ0) is 25.0. The Morgan fingerprint density at radius 2 is 1.94 bits per heavy atom. The van der Waals surface area contributed by atoms with Crippen molar-refractivity contribution in [2.75, 3.05) is 46.5 Å². The Hall–Kier alpha value is -3.56. The van der Waals surface area contributed by atoms with E-state index in [9.17, 15) is 14.7 Å². The van der Waals surface area contributed by atoms with Crippen molar-refractivity contribution >= 4 is 22.8 Å². The van der Waals surface area contributed by atoms with E-state index in [0.717, 1.165) is 46.6 Å². The van der Waals surface area contributed by atoms with Crippen molar-refractivity contribution < 1.29 is 24.2 Å². The molecule has 2 saturated heterocycles. The van der Waals surface area contributed by atoms with Crippen molar-refractivity contribution in [3.05, 3.63) is 59.3 Å². The van der Waals surface area contributed by atoms with Crippen molar-refractivity contribution in [3.8, 4) is 11.5 Å². The normalized spacial score (nSPS) is 24.3. The zero-order valence-electron chi connectivity index (χ0n) is 20.5. The van der Waals surface area contributed by atoms with Crippen LogP contribution < -0.4 is 4.74 Å². The smallest absolute Gasteiger partial charge is 0.328 e. The van der Waals surface area contributed by atoms with Crippen LogP contribution in [-0.2, 0) is 16.0 Å². The third-order valence-corrected chi connectivity index (χ3v) is 7.80. The molecule has 0 bridgehead atoms. The van der Waals surface area contributed by atoms with Crippen LogP contribution in [0.2, 0.25) is 0 Å². The summed E-state index contributed by atoms with van der Waals surface area (Å²) in [5.41, 5.74) is 2.46. The van der Waals surface area contributed by atoms with E-state index in [2.05, 4.69) is 9.88 Å². The second-order valence-electron chi connectivity index (χ2n) is 9.94. The number of nitrogens with one attached hydrogen (secondary N) is 1. The van der Waals surface area contributed by atoms with Crippen LogP contribution >= 0.6 is 0 Å². The van der Waals surface area contributed by atoms with Gasteiger partial charge >= 0.3 is 6.03 Å². The lowest BCUT2D eigenvalue weighted by molar-refractivity contribution is -0.133. The lowest BCUT2D eigenvalue weighted by Crippen LogP contribution is -2.53. The maximum Gasteiger partial charge on any atom is 0.328 e. The van der Waals surface area contributed by atoms with Gasteiger partial charge in [0.2, 0.25) is 0 Å². The number of carbonyl (C=O) groups is 2. The second-order valence-corrected chi connectivity index (χ2v) is 9.94. The van der Waals surface area contributed by atoms with Crippen LogP contribution in [0.1, 0.15) is 29.8 Å². The summed E-state index contributed by atoms with van der Waals surface area (Å²) in [6.07, 6.45) is 0.392. The molecule has 3 amide bonds. The number of phenolic OH excluding ortho intramolecular Hbond substituents is 1. The number of fused-ring (bicyclic) bond motifs is 4. The van der Waals surface area contributed by atoms with Gasteiger partial charge in [0.05, 0.1) is 20.3 Å². The number of hydrogen-bond donors (Lipinski definition) is 2. The number of urea groups is 1. The number of carbonyl (C=O) groups excluding carboxylic acids is 2. The van der Waals surface area contributed by atoms with Gasteiger partial charge in [0, 0.05) is 49.2 Å². The highest BCUT2D eigenvalue weighted by Gasteiger charge is 2.60. The number of ether oxygens (including phenoxy) is 2. The van der Waals surface area contributed by atoms with Crippen LogP contribution in [0, 0.1) is 0 Å². The highest BCUT2D eigenvalue weighted by molar-refractivity contribution is 6.08. The number of phenols is 1. The zero-order valence-corrected chi connectivity index (χ0v) is 20.5. The van der Waals surface area contributed by atoms with Gasteiger partial charge in [-0.25, -0.2) is 4.79 Å². The average molecular weight is 491 g/mol. The van der Waals surface area contributed by atoms with E-state index >= 15 is 0 Å². The van der Waals surface area contributed by atoms with Gasteiger partial charge in [-0.05, 0) is 48.4 Å². The summed E-state index contributed by atoms with van der Waals surface area (Å²) in [5, 5.41) is 11.3. The van der Waals surface area contributed by atoms with Crippen LogP contribution in [0.15, 0.2) is 42.5 Å². The van der Waals surface area contributed by atoms with E-state index in [1.807, 2.05) is 31.2 Å². The first-order valence-electron chi connectivity index (χ1n) is 12.3. The molecule has 6 rings (SSSR count). The van der Waals surface area contributed by atoms with Crippen LogP contribution in [0.5, 0.6) is 11.5 Å². The molecule has 0 aliphatic carbocycles. The number of aromatic nitrogens is 1. The molecule has 3 aliphatic heterocycles. The fourth-order valence-corrected chi connectivity index (χ4v) is 5.92. The Kier molecular flexibility index (Phi) is 5.42. The molecule has 4 heterocycles. The molecule has 3 aromatic rings. The van der Waals surface area contributed by atoms with Crippen molar-refractivity contribution in [2.24, 2.45) is 0 Å². The largest absolute Gasteiger partial charge is 0.508 e. The van der Waals surface area contributed by atoms with Crippen LogP contribution in [0.4, 0.5) is 4.79 Å². The average Bonchev–Trinajstić information content (AvgIpc) is 3.33. The van der Waals surface area contributed by atoms with E-state index in [1.165, 1.54) is 4.90 Å². The predicted octanol–water partition coefficient (Wildman–Crippen LogP) is 2.88. The number of amides is 3. The third kappa shape index (κ3) is 3.45. The van der Waals surface area contributed by atoms with Crippen molar-refractivity contribution in [1.29, 1.82) is 0 Å². The summed E-state index contributed by atoms with van der Waals surface area (Å²) in [6.45, 7) is 5.72. The van der Waals surface area contributed by atoms with Crippen molar-refractivity contribution in [1.82, 2.24) is 19.7 Å². The molecule has 9 nitrogen and oxygen atoms in total.